The van der Waals surface area contributed by atoms with Crippen LogP contribution in [0.3, 0.4) is 0 Å². The molecule has 1 spiro atoms. The van der Waals surface area contributed by atoms with Gasteiger partial charge in [0, 0.05) is 5.41 Å². The molecule has 4 saturated carbocycles. The molecule has 23 heavy (non-hydrogen) atoms. The minimum atomic E-state index is -0.666. The Bertz CT molecular complexity index is 639. The summed E-state index contributed by atoms with van der Waals surface area (Å²) < 4.78 is 0. The molecule has 3 heteroatoms. The number of carbonyl (C=O) groups is 1. The molecular weight excluding hydrogens is 288 g/mol. The van der Waals surface area contributed by atoms with E-state index in [0.717, 1.165) is 30.6 Å². The minimum absolute atomic E-state index is 0.112. The summed E-state index contributed by atoms with van der Waals surface area (Å²) in [5.41, 5.74) is 0.947. The van der Waals surface area contributed by atoms with Crippen LogP contribution in [0.5, 0.6) is 0 Å². The Hall–Kier alpha value is -0.830. The van der Waals surface area contributed by atoms with Crippen molar-refractivity contribution in [3.8, 4) is 0 Å². The number of allylic oxidation sites excluding steroid dienone is 2. The lowest BCUT2D eigenvalue weighted by atomic mass is 9.40. The lowest BCUT2D eigenvalue weighted by molar-refractivity contribution is -0.202. The molecule has 6 aliphatic rings. The summed E-state index contributed by atoms with van der Waals surface area (Å²) in [7, 11) is 0. The monoisotopic (exact) mass is 316 g/mol. The number of hydrogen-bond donors (Lipinski definition) is 2. The van der Waals surface area contributed by atoms with E-state index in [2.05, 4.69) is 19.9 Å². The van der Waals surface area contributed by atoms with E-state index in [1.54, 1.807) is 5.57 Å². The third-order valence-electron chi connectivity index (χ3n) is 9.12. The fourth-order valence-corrected chi connectivity index (χ4v) is 8.33. The van der Waals surface area contributed by atoms with E-state index in [0.29, 0.717) is 18.8 Å². The highest BCUT2D eigenvalue weighted by Crippen LogP contribution is 2.82. The normalized spacial score (nSPS) is 62.2. The highest BCUT2D eigenvalue weighted by Gasteiger charge is 2.77. The molecule has 0 amide bonds. The van der Waals surface area contributed by atoms with Gasteiger partial charge in [0.2, 0.25) is 0 Å². The van der Waals surface area contributed by atoms with Crippen molar-refractivity contribution >= 4 is 5.97 Å². The van der Waals surface area contributed by atoms with Gasteiger partial charge in [-0.2, -0.15) is 0 Å². The summed E-state index contributed by atoms with van der Waals surface area (Å²) in [6.07, 6.45) is 6.86. The molecule has 3 nitrogen and oxygen atoms in total. The Morgan fingerprint density at radius 2 is 2.00 bits per heavy atom. The molecule has 6 aliphatic carbocycles. The van der Waals surface area contributed by atoms with Crippen molar-refractivity contribution < 1.29 is 15.0 Å². The number of fused-ring (bicyclic) bond motifs is 1. The molecule has 0 aromatic carbocycles. The second-order valence-electron chi connectivity index (χ2n) is 9.80. The van der Waals surface area contributed by atoms with Crippen LogP contribution >= 0.6 is 0 Å². The second-order valence-corrected chi connectivity index (χ2v) is 9.80. The lowest BCUT2D eigenvalue weighted by Gasteiger charge is -2.64. The van der Waals surface area contributed by atoms with Crippen molar-refractivity contribution in [3.63, 3.8) is 0 Å². The largest absolute Gasteiger partial charge is 0.481 e. The number of hydrogen-bond acceptors (Lipinski definition) is 2. The van der Waals surface area contributed by atoms with E-state index < -0.39 is 11.4 Å². The molecule has 126 valence electrons. The quantitative estimate of drug-likeness (QED) is 0.728. The number of aliphatic hydroxyl groups excluding tert-OH is 1. The average molecular weight is 316 g/mol. The molecule has 6 rings (SSSR count). The second kappa shape index (κ2) is 3.87. The Kier molecular flexibility index (Phi) is 2.44. The van der Waals surface area contributed by atoms with Crippen LogP contribution in [0, 0.1) is 45.8 Å². The maximum absolute atomic E-state index is 12.1. The van der Waals surface area contributed by atoms with Gasteiger partial charge in [-0.15, -0.1) is 0 Å². The molecule has 0 radical (unpaired) electrons. The van der Waals surface area contributed by atoms with Crippen LogP contribution in [-0.2, 0) is 4.79 Å². The molecule has 0 aromatic heterocycles. The van der Waals surface area contributed by atoms with Crippen LogP contribution < -0.4 is 0 Å². The van der Waals surface area contributed by atoms with Crippen molar-refractivity contribution in [2.75, 3.05) is 0 Å². The van der Waals surface area contributed by atoms with Crippen molar-refractivity contribution in [1.82, 2.24) is 0 Å². The zero-order valence-corrected chi connectivity index (χ0v) is 14.4. The number of carboxylic acids is 1. The number of rotatable bonds is 1. The van der Waals surface area contributed by atoms with Crippen LogP contribution in [0.15, 0.2) is 11.6 Å². The zero-order chi connectivity index (χ0) is 16.4. The van der Waals surface area contributed by atoms with Crippen LogP contribution in [0.2, 0.25) is 0 Å². The maximum atomic E-state index is 12.1. The molecular formula is C20H28O3. The predicted molar refractivity (Wildman–Crippen MR) is 86.6 cm³/mol. The van der Waals surface area contributed by atoms with Gasteiger partial charge in [-0.3, -0.25) is 4.79 Å². The first-order valence-electron chi connectivity index (χ1n) is 9.36. The van der Waals surface area contributed by atoms with Crippen LogP contribution in [-0.4, -0.2) is 22.3 Å². The Morgan fingerprint density at radius 3 is 2.70 bits per heavy atom. The number of aliphatic carboxylic acids is 1. The minimum Gasteiger partial charge on any atom is -0.481 e. The zero-order valence-electron chi connectivity index (χ0n) is 14.4. The summed E-state index contributed by atoms with van der Waals surface area (Å²) in [4.78, 5) is 12.1. The maximum Gasteiger partial charge on any atom is 0.309 e. The van der Waals surface area contributed by atoms with E-state index in [1.165, 1.54) is 6.42 Å². The fourth-order valence-electron chi connectivity index (χ4n) is 8.33. The number of carboxylic acid groups (broad SMARTS) is 1. The third kappa shape index (κ3) is 1.38. The standard InChI is InChI=1S/C20H28O3/c1-10-8-20-7-4-12-18(2,17(22)23)6-5-13(21)19(12,3)16(20)15-11(9-20)14(10)15/h8,11-16,21H,4-7,9H2,1-3H3,(H,22,23)/t11?,12-,13+,14+,15-,16+,18+,19+,20-/m1/s1. The first-order chi connectivity index (χ1) is 10.8. The van der Waals surface area contributed by atoms with Crippen LogP contribution in [0.1, 0.15) is 52.9 Å². The topological polar surface area (TPSA) is 57.5 Å². The first-order valence-corrected chi connectivity index (χ1v) is 9.36. The Morgan fingerprint density at radius 1 is 1.26 bits per heavy atom. The first kappa shape index (κ1) is 14.5. The molecule has 1 unspecified atom stereocenters. The van der Waals surface area contributed by atoms with Crippen molar-refractivity contribution in [2.45, 2.75) is 59.0 Å². The van der Waals surface area contributed by atoms with Crippen LogP contribution in [0.4, 0.5) is 0 Å². The van der Waals surface area contributed by atoms with Gasteiger partial charge in [0.15, 0.2) is 0 Å². The molecule has 0 aromatic rings. The average Bonchev–Trinajstić information content (AvgIpc) is 3.09. The van der Waals surface area contributed by atoms with Gasteiger partial charge in [-0.25, -0.2) is 0 Å². The third-order valence-corrected chi connectivity index (χ3v) is 9.12. The highest BCUT2D eigenvalue weighted by atomic mass is 16.4. The van der Waals surface area contributed by atoms with Crippen molar-refractivity contribution in [3.05, 3.63) is 11.6 Å². The predicted octanol–water partition coefficient (Wildman–Crippen LogP) is 3.48. The molecule has 9 atom stereocenters. The molecule has 4 bridgehead atoms. The lowest BCUT2D eigenvalue weighted by Crippen LogP contribution is -2.63. The van der Waals surface area contributed by atoms with E-state index in [1.807, 2.05) is 6.92 Å². The summed E-state index contributed by atoms with van der Waals surface area (Å²) in [5, 5.41) is 21.0. The highest BCUT2D eigenvalue weighted by molar-refractivity contribution is 5.75. The summed E-state index contributed by atoms with van der Waals surface area (Å²) in [6, 6.07) is 0. The van der Waals surface area contributed by atoms with Gasteiger partial charge < -0.3 is 10.2 Å². The van der Waals surface area contributed by atoms with Gasteiger partial charge in [0.25, 0.3) is 0 Å². The Balaban J connectivity index is 1.65. The smallest absolute Gasteiger partial charge is 0.309 e. The van der Waals surface area contributed by atoms with Gasteiger partial charge in [0.05, 0.1) is 11.5 Å². The summed E-state index contributed by atoms with van der Waals surface area (Å²) >= 11 is 0. The van der Waals surface area contributed by atoms with Gasteiger partial charge in [0.1, 0.15) is 0 Å². The molecule has 0 aliphatic heterocycles. The van der Waals surface area contributed by atoms with Gasteiger partial charge in [-0.05, 0) is 81.0 Å². The van der Waals surface area contributed by atoms with Gasteiger partial charge in [-0.1, -0.05) is 18.6 Å². The SMILES string of the molecule is CC1=C[C@@]23CC[C@H]4[C@](C)([C@@H]2[C@@H]2C(C3)[C@H]12)[C@@H](O)CC[C@]4(C)C(=O)O. The molecule has 0 heterocycles. The summed E-state index contributed by atoms with van der Waals surface area (Å²) in [5.74, 6) is 2.24. The van der Waals surface area contributed by atoms with E-state index in [-0.39, 0.29) is 22.9 Å². The van der Waals surface area contributed by atoms with E-state index in [4.69, 9.17) is 0 Å². The number of aliphatic hydroxyl groups is 1. The fraction of sp³-hybridized carbons (Fsp3) is 0.850. The summed E-state index contributed by atoms with van der Waals surface area (Å²) in [6.45, 7) is 6.48. The Labute approximate surface area is 138 Å². The molecule has 2 N–H and O–H groups in total. The van der Waals surface area contributed by atoms with Crippen molar-refractivity contribution in [1.29, 1.82) is 0 Å². The molecule has 0 saturated heterocycles. The van der Waals surface area contributed by atoms with Gasteiger partial charge >= 0.3 is 5.97 Å². The van der Waals surface area contributed by atoms with Crippen LogP contribution in [0.25, 0.3) is 0 Å². The van der Waals surface area contributed by atoms with E-state index in [9.17, 15) is 15.0 Å². The van der Waals surface area contributed by atoms with E-state index >= 15 is 0 Å². The van der Waals surface area contributed by atoms with Crippen molar-refractivity contribution in [2.24, 2.45) is 45.8 Å². The molecule has 4 fully saturated rings.